The molecule has 3 aromatic rings. The number of aryl methyl sites for hydroxylation is 1. The van der Waals surface area contributed by atoms with Gasteiger partial charge in [-0.05, 0) is 36.6 Å². The van der Waals surface area contributed by atoms with Gasteiger partial charge in [-0.3, -0.25) is 4.79 Å². The summed E-state index contributed by atoms with van der Waals surface area (Å²) in [5.41, 5.74) is 2.35. The van der Waals surface area contributed by atoms with Gasteiger partial charge in [0.05, 0.1) is 12.7 Å². The summed E-state index contributed by atoms with van der Waals surface area (Å²) in [6, 6.07) is 18.4. The summed E-state index contributed by atoms with van der Waals surface area (Å²) in [5, 5.41) is 5.94. The van der Waals surface area contributed by atoms with E-state index in [1.807, 2.05) is 18.2 Å². The third-order valence-corrected chi connectivity index (χ3v) is 4.23. The fourth-order valence-electron chi connectivity index (χ4n) is 2.77. The van der Waals surface area contributed by atoms with Crippen molar-refractivity contribution in [2.45, 2.75) is 12.8 Å². The van der Waals surface area contributed by atoms with Gasteiger partial charge >= 0.3 is 5.97 Å². The molecule has 0 saturated heterocycles. The lowest BCUT2D eigenvalue weighted by Crippen LogP contribution is -2.15. The number of rotatable bonds is 8. The van der Waals surface area contributed by atoms with Gasteiger partial charge in [0.25, 0.3) is 5.91 Å². The molecule has 1 amide bonds. The quantitative estimate of drug-likeness (QED) is 0.451. The number of hydrogen-bond acceptors (Lipinski definition) is 6. The summed E-state index contributed by atoms with van der Waals surface area (Å²) in [6.07, 6.45) is 3.25. The van der Waals surface area contributed by atoms with Crippen LogP contribution in [0.4, 0.5) is 11.5 Å². The molecule has 0 aliphatic rings. The van der Waals surface area contributed by atoms with E-state index in [0.29, 0.717) is 17.1 Å². The van der Waals surface area contributed by atoms with Crippen molar-refractivity contribution in [3.05, 3.63) is 83.8 Å². The van der Waals surface area contributed by atoms with E-state index < -0.39 is 5.97 Å². The van der Waals surface area contributed by atoms with Gasteiger partial charge in [0.2, 0.25) is 0 Å². The topological polar surface area (TPSA) is 93.2 Å². The number of anilines is 2. The normalized spacial score (nSPS) is 10.2. The Labute approximate surface area is 169 Å². The van der Waals surface area contributed by atoms with Crippen LogP contribution in [0.1, 0.15) is 32.8 Å². The van der Waals surface area contributed by atoms with Crippen LogP contribution in [0.25, 0.3) is 0 Å². The molecule has 1 aromatic heterocycles. The van der Waals surface area contributed by atoms with E-state index >= 15 is 0 Å². The highest BCUT2D eigenvalue weighted by Crippen LogP contribution is 2.13. The van der Waals surface area contributed by atoms with Gasteiger partial charge in [0.1, 0.15) is 17.8 Å². The van der Waals surface area contributed by atoms with E-state index in [9.17, 15) is 9.59 Å². The number of hydrogen-bond donors (Lipinski definition) is 2. The Kier molecular flexibility index (Phi) is 6.89. The van der Waals surface area contributed by atoms with Gasteiger partial charge in [-0.25, -0.2) is 14.8 Å². The molecule has 1 heterocycles. The zero-order chi connectivity index (χ0) is 20.5. The second-order valence-corrected chi connectivity index (χ2v) is 6.33. The third-order valence-electron chi connectivity index (χ3n) is 4.23. The number of carbonyl (C=O) groups excluding carboxylic acids is 2. The van der Waals surface area contributed by atoms with Gasteiger partial charge in [-0.1, -0.05) is 36.4 Å². The van der Waals surface area contributed by atoms with Crippen LogP contribution in [0, 0.1) is 0 Å². The number of benzene rings is 2. The van der Waals surface area contributed by atoms with Crippen molar-refractivity contribution in [3.8, 4) is 0 Å². The number of aromatic nitrogens is 2. The van der Waals surface area contributed by atoms with Crippen molar-refractivity contribution in [1.82, 2.24) is 9.97 Å². The van der Waals surface area contributed by atoms with E-state index in [1.54, 1.807) is 30.3 Å². The van der Waals surface area contributed by atoms with Crippen LogP contribution in [-0.2, 0) is 11.2 Å². The Balaban J connectivity index is 1.56. The number of nitrogens with zero attached hydrogens (tertiary/aromatic N) is 2. The van der Waals surface area contributed by atoms with Crippen molar-refractivity contribution in [1.29, 1.82) is 0 Å². The standard InChI is InChI=1S/C22H22N4O3/c1-29-22(28)17-10-5-11-18(13-17)26-21(27)19-14-20(25-15-24-19)23-12-6-9-16-7-3-2-4-8-16/h2-5,7-8,10-11,13-15H,6,9,12H2,1H3,(H,26,27)(H,23,24,25). The van der Waals surface area contributed by atoms with Crippen LogP contribution >= 0.6 is 0 Å². The van der Waals surface area contributed by atoms with E-state index in [4.69, 9.17) is 4.74 Å². The first kappa shape index (κ1) is 20.0. The Morgan fingerprint density at radius 2 is 1.83 bits per heavy atom. The largest absolute Gasteiger partial charge is 0.465 e. The van der Waals surface area contributed by atoms with Crippen LogP contribution in [0.5, 0.6) is 0 Å². The fourth-order valence-corrected chi connectivity index (χ4v) is 2.77. The highest BCUT2D eigenvalue weighted by molar-refractivity contribution is 6.03. The lowest BCUT2D eigenvalue weighted by molar-refractivity contribution is 0.0600. The minimum absolute atomic E-state index is 0.231. The molecule has 7 nitrogen and oxygen atoms in total. The third kappa shape index (κ3) is 5.87. The second-order valence-electron chi connectivity index (χ2n) is 6.33. The summed E-state index contributed by atoms with van der Waals surface area (Å²) in [4.78, 5) is 32.3. The van der Waals surface area contributed by atoms with E-state index in [2.05, 4.69) is 32.7 Å². The lowest BCUT2D eigenvalue weighted by atomic mass is 10.1. The van der Waals surface area contributed by atoms with Crippen LogP contribution < -0.4 is 10.6 Å². The number of nitrogens with one attached hydrogen (secondary N) is 2. The van der Waals surface area contributed by atoms with Crippen molar-refractivity contribution >= 4 is 23.4 Å². The molecule has 2 aromatic carbocycles. The van der Waals surface area contributed by atoms with E-state index in [1.165, 1.54) is 19.0 Å². The maximum Gasteiger partial charge on any atom is 0.337 e. The maximum absolute atomic E-state index is 12.5. The summed E-state index contributed by atoms with van der Waals surface area (Å²) in [6.45, 7) is 0.730. The molecule has 0 spiro atoms. The monoisotopic (exact) mass is 390 g/mol. The van der Waals surface area contributed by atoms with Crippen molar-refractivity contribution < 1.29 is 14.3 Å². The van der Waals surface area contributed by atoms with Gasteiger partial charge < -0.3 is 15.4 Å². The number of amides is 1. The summed E-state index contributed by atoms with van der Waals surface area (Å²) >= 11 is 0. The average molecular weight is 390 g/mol. The molecule has 2 N–H and O–H groups in total. The zero-order valence-electron chi connectivity index (χ0n) is 16.1. The summed E-state index contributed by atoms with van der Waals surface area (Å²) in [7, 11) is 1.31. The summed E-state index contributed by atoms with van der Waals surface area (Å²) < 4.78 is 4.69. The Bertz CT molecular complexity index is 977. The van der Waals surface area contributed by atoms with Crippen LogP contribution in [0.2, 0.25) is 0 Å². The molecule has 0 aliphatic carbocycles. The molecular weight excluding hydrogens is 368 g/mol. The van der Waals surface area contributed by atoms with Crippen LogP contribution in [0.15, 0.2) is 67.0 Å². The molecule has 0 unspecified atom stereocenters. The highest BCUT2D eigenvalue weighted by atomic mass is 16.5. The van der Waals surface area contributed by atoms with Gasteiger partial charge in [-0.2, -0.15) is 0 Å². The van der Waals surface area contributed by atoms with Crippen molar-refractivity contribution in [3.63, 3.8) is 0 Å². The van der Waals surface area contributed by atoms with Crippen molar-refractivity contribution in [2.75, 3.05) is 24.3 Å². The number of ether oxygens (including phenoxy) is 1. The second kappa shape index (κ2) is 9.98. The first-order chi connectivity index (χ1) is 14.2. The minimum Gasteiger partial charge on any atom is -0.465 e. The molecule has 148 valence electrons. The predicted molar refractivity (Wildman–Crippen MR) is 111 cm³/mol. The smallest absolute Gasteiger partial charge is 0.337 e. The molecule has 0 atom stereocenters. The van der Waals surface area contributed by atoms with Gasteiger partial charge in [-0.15, -0.1) is 0 Å². The predicted octanol–water partition coefficient (Wildman–Crippen LogP) is 3.56. The molecule has 0 bridgehead atoms. The minimum atomic E-state index is -0.467. The van der Waals surface area contributed by atoms with Crippen molar-refractivity contribution in [2.24, 2.45) is 0 Å². The SMILES string of the molecule is COC(=O)c1cccc(NC(=O)c2cc(NCCCc3ccccc3)ncn2)c1. The lowest BCUT2D eigenvalue weighted by Gasteiger charge is -2.08. The van der Waals surface area contributed by atoms with Gasteiger partial charge in [0.15, 0.2) is 0 Å². The maximum atomic E-state index is 12.5. The summed E-state index contributed by atoms with van der Waals surface area (Å²) in [5.74, 6) is -0.270. The molecule has 3 rings (SSSR count). The van der Waals surface area contributed by atoms with Gasteiger partial charge in [0, 0.05) is 18.3 Å². The molecular formula is C22H22N4O3. The average Bonchev–Trinajstić information content (AvgIpc) is 2.77. The molecule has 29 heavy (non-hydrogen) atoms. The number of methoxy groups -OCH3 is 1. The number of esters is 1. The molecule has 0 saturated carbocycles. The number of carbonyl (C=O) groups is 2. The molecule has 0 fully saturated rings. The van der Waals surface area contributed by atoms with Crippen LogP contribution in [0.3, 0.4) is 0 Å². The Morgan fingerprint density at radius 1 is 1.00 bits per heavy atom. The Morgan fingerprint density at radius 3 is 2.62 bits per heavy atom. The first-order valence-corrected chi connectivity index (χ1v) is 9.25. The van der Waals surface area contributed by atoms with E-state index in [0.717, 1.165) is 19.4 Å². The molecule has 0 radical (unpaired) electrons. The first-order valence-electron chi connectivity index (χ1n) is 9.25. The Hall–Kier alpha value is -3.74. The zero-order valence-corrected chi connectivity index (χ0v) is 16.1. The highest BCUT2D eigenvalue weighted by Gasteiger charge is 2.11. The molecule has 7 heteroatoms. The van der Waals surface area contributed by atoms with Crippen LogP contribution in [-0.4, -0.2) is 35.5 Å². The van der Waals surface area contributed by atoms with E-state index in [-0.39, 0.29) is 11.6 Å². The fraction of sp³-hybridized carbons (Fsp3) is 0.182. The molecule has 0 aliphatic heterocycles.